The van der Waals surface area contributed by atoms with E-state index in [-0.39, 0.29) is 17.5 Å². The zero-order chi connectivity index (χ0) is 8.27. The Labute approximate surface area is 66.2 Å². The Bertz CT molecular complexity index is 161. The average Bonchev–Trinajstić information content (AvgIpc) is 2.29. The molecular formula is C8H13NO2. The number of carbonyl (C=O) groups excluding carboxylic acids is 2. The molecule has 0 aliphatic heterocycles. The number of ketones is 2. The maximum absolute atomic E-state index is 11.0. The third-order valence-corrected chi connectivity index (χ3v) is 2.08. The number of Topliss-reactive ketones (excluding diaryl/α,β-unsaturated/α-hetero) is 2. The van der Waals surface area contributed by atoms with Crippen molar-refractivity contribution < 1.29 is 9.59 Å². The van der Waals surface area contributed by atoms with Gasteiger partial charge in [-0.05, 0) is 20.0 Å². The summed E-state index contributed by atoms with van der Waals surface area (Å²) >= 11 is 0. The molecule has 0 atom stereocenters. The van der Waals surface area contributed by atoms with Crippen LogP contribution in [-0.4, -0.2) is 25.2 Å². The third-order valence-electron chi connectivity index (χ3n) is 2.08. The zero-order valence-electron chi connectivity index (χ0n) is 6.72. The number of nitrogens with one attached hydrogen (secondary N) is 1. The van der Waals surface area contributed by atoms with E-state index in [0.29, 0.717) is 19.3 Å². The molecule has 0 aromatic heterocycles. The fourth-order valence-corrected chi connectivity index (χ4v) is 1.39. The Morgan fingerprint density at radius 1 is 1.36 bits per heavy atom. The van der Waals surface area contributed by atoms with Gasteiger partial charge >= 0.3 is 0 Å². The highest BCUT2D eigenvalue weighted by atomic mass is 16.2. The lowest BCUT2D eigenvalue weighted by atomic mass is 10.0. The van der Waals surface area contributed by atoms with Crippen LogP contribution in [0.4, 0.5) is 0 Å². The van der Waals surface area contributed by atoms with Gasteiger partial charge in [0.15, 0.2) is 0 Å². The molecule has 1 aliphatic carbocycles. The predicted molar refractivity (Wildman–Crippen MR) is 41.3 cm³/mol. The summed E-state index contributed by atoms with van der Waals surface area (Å²) in [6.45, 7) is 0.752. The van der Waals surface area contributed by atoms with Gasteiger partial charge in [-0.1, -0.05) is 0 Å². The van der Waals surface area contributed by atoms with Crippen molar-refractivity contribution in [3.8, 4) is 0 Å². The number of hydrogen-bond donors (Lipinski definition) is 1. The topological polar surface area (TPSA) is 46.2 Å². The molecule has 3 nitrogen and oxygen atoms in total. The minimum atomic E-state index is -0.289. The van der Waals surface area contributed by atoms with E-state index in [1.165, 1.54) is 0 Å². The molecule has 0 aromatic carbocycles. The third kappa shape index (κ3) is 1.87. The standard InChI is InChI=1S/C8H13NO2/c1-9-5-4-6-7(10)2-3-8(6)11/h6,9H,2-5H2,1H3. The maximum Gasteiger partial charge on any atom is 0.143 e. The van der Waals surface area contributed by atoms with Gasteiger partial charge in [0, 0.05) is 12.8 Å². The molecule has 1 saturated carbocycles. The van der Waals surface area contributed by atoms with Gasteiger partial charge in [0.2, 0.25) is 0 Å². The van der Waals surface area contributed by atoms with Crippen LogP contribution in [0.1, 0.15) is 19.3 Å². The van der Waals surface area contributed by atoms with Crippen LogP contribution < -0.4 is 5.32 Å². The normalized spacial score (nSPS) is 19.7. The van der Waals surface area contributed by atoms with Crippen LogP contribution in [0.2, 0.25) is 0 Å². The van der Waals surface area contributed by atoms with Gasteiger partial charge in [-0.25, -0.2) is 0 Å². The van der Waals surface area contributed by atoms with Crippen molar-refractivity contribution in [1.29, 1.82) is 0 Å². The first kappa shape index (κ1) is 8.40. The summed E-state index contributed by atoms with van der Waals surface area (Å²) in [6, 6.07) is 0. The van der Waals surface area contributed by atoms with Gasteiger partial charge in [0.05, 0.1) is 5.92 Å². The lowest BCUT2D eigenvalue weighted by molar-refractivity contribution is -0.127. The van der Waals surface area contributed by atoms with Crippen LogP contribution in [0.25, 0.3) is 0 Å². The van der Waals surface area contributed by atoms with Crippen LogP contribution >= 0.6 is 0 Å². The van der Waals surface area contributed by atoms with Gasteiger partial charge in [0.25, 0.3) is 0 Å². The maximum atomic E-state index is 11.0. The molecule has 0 saturated heterocycles. The second-order valence-corrected chi connectivity index (χ2v) is 2.88. The first-order valence-corrected chi connectivity index (χ1v) is 3.95. The summed E-state index contributed by atoms with van der Waals surface area (Å²) in [5, 5.41) is 2.93. The quantitative estimate of drug-likeness (QED) is 0.590. The fraction of sp³-hybridized carbons (Fsp3) is 0.750. The van der Waals surface area contributed by atoms with Crippen LogP contribution in [0.3, 0.4) is 0 Å². The molecule has 62 valence electrons. The van der Waals surface area contributed by atoms with Crippen LogP contribution in [0.15, 0.2) is 0 Å². The van der Waals surface area contributed by atoms with E-state index in [2.05, 4.69) is 5.32 Å². The van der Waals surface area contributed by atoms with E-state index < -0.39 is 0 Å². The Hall–Kier alpha value is -0.700. The molecule has 0 bridgehead atoms. The number of hydrogen-bond acceptors (Lipinski definition) is 3. The lowest BCUT2D eigenvalue weighted by Crippen LogP contribution is -2.20. The minimum Gasteiger partial charge on any atom is -0.320 e. The van der Waals surface area contributed by atoms with Crippen LogP contribution in [0, 0.1) is 5.92 Å². The van der Waals surface area contributed by atoms with E-state index in [4.69, 9.17) is 0 Å². The van der Waals surface area contributed by atoms with Gasteiger partial charge in [0.1, 0.15) is 11.6 Å². The first-order valence-electron chi connectivity index (χ1n) is 3.95. The van der Waals surface area contributed by atoms with E-state index in [1.807, 2.05) is 7.05 Å². The molecule has 0 unspecified atom stereocenters. The zero-order valence-corrected chi connectivity index (χ0v) is 6.72. The molecule has 0 amide bonds. The highest BCUT2D eigenvalue weighted by Gasteiger charge is 2.31. The van der Waals surface area contributed by atoms with Crippen LogP contribution in [-0.2, 0) is 9.59 Å². The molecule has 3 heteroatoms. The number of carbonyl (C=O) groups is 2. The lowest BCUT2D eigenvalue weighted by Gasteiger charge is -2.04. The summed E-state index contributed by atoms with van der Waals surface area (Å²) in [5.41, 5.74) is 0. The molecule has 0 radical (unpaired) electrons. The predicted octanol–water partition coefficient (Wildman–Crippen LogP) is 0.144. The van der Waals surface area contributed by atoms with Gasteiger partial charge in [-0.3, -0.25) is 9.59 Å². The summed E-state index contributed by atoms with van der Waals surface area (Å²) in [6.07, 6.45) is 1.61. The highest BCUT2D eigenvalue weighted by Crippen LogP contribution is 2.19. The Kier molecular flexibility index (Phi) is 2.76. The van der Waals surface area contributed by atoms with Crippen molar-refractivity contribution in [2.75, 3.05) is 13.6 Å². The average molecular weight is 155 g/mol. The van der Waals surface area contributed by atoms with Crippen molar-refractivity contribution in [2.45, 2.75) is 19.3 Å². The largest absolute Gasteiger partial charge is 0.320 e. The molecule has 1 aliphatic rings. The van der Waals surface area contributed by atoms with E-state index >= 15 is 0 Å². The van der Waals surface area contributed by atoms with E-state index in [0.717, 1.165) is 6.54 Å². The smallest absolute Gasteiger partial charge is 0.143 e. The van der Waals surface area contributed by atoms with Crippen molar-refractivity contribution in [3.05, 3.63) is 0 Å². The minimum absolute atomic E-state index is 0.130. The highest BCUT2D eigenvalue weighted by molar-refractivity contribution is 6.08. The van der Waals surface area contributed by atoms with Crippen molar-refractivity contribution in [3.63, 3.8) is 0 Å². The second-order valence-electron chi connectivity index (χ2n) is 2.88. The molecular weight excluding hydrogens is 142 g/mol. The Morgan fingerprint density at radius 3 is 2.36 bits per heavy atom. The summed E-state index contributed by atoms with van der Waals surface area (Å²) in [4.78, 5) is 22.1. The Morgan fingerprint density at radius 2 is 1.91 bits per heavy atom. The molecule has 1 fully saturated rings. The molecule has 11 heavy (non-hydrogen) atoms. The molecule has 1 rings (SSSR count). The molecule has 0 heterocycles. The Balaban J connectivity index is 2.41. The first-order chi connectivity index (χ1) is 5.25. The molecule has 0 spiro atoms. The summed E-state index contributed by atoms with van der Waals surface area (Å²) in [5.74, 6) is -0.0297. The van der Waals surface area contributed by atoms with E-state index in [1.54, 1.807) is 0 Å². The monoisotopic (exact) mass is 155 g/mol. The van der Waals surface area contributed by atoms with Crippen molar-refractivity contribution >= 4 is 11.6 Å². The fourth-order valence-electron chi connectivity index (χ4n) is 1.39. The van der Waals surface area contributed by atoms with Crippen molar-refractivity contribution in [2.24, 2.45) is 5.92 Å². The SMILES string of the molecule is CNCCC1C(=O)CCC1=O. The van der Waals surface area contributed by atoms with E-state index in [9.17, 15) is 9.59 Å². The molecule has 0 aromatic rings. The second kappa shape index (κ2) is 3.62. The van der Waals surface area contributed by atoms with Crippen LogP contribution in [0.5, 0.6) is 0 Å². The summed E-state index contributed by atoms with van der Waals surface area (Å²) < 4.78 is 0. The van der Waals surface area contributed by atoms with Crippen molar-refractivity contribution in [1.82, 2.24) is 5.32 Å². The molecule has 1 N–H and O–H groups in total. The number of rotatable bonds is 3. The summed E-state index contributed by atoms with van der Waals surface area (Å²) in [7, 11) is 1.82. The van der Waals surface area contributed by atoms with Gasteiger partial charge in [-0.2, -0.15) is 0 Å². The van der Waals surface area contributed by atoms with Gasteiger partial charge < -0.3 is 5.32 Å². The van der Waals surface area contributed by atoms with Gasteiger partial charge in [-0.15, -0.1) is 0 Å².